The van der Waals surface area contributed by atoms with Gasteiger partial charge in [-0.05, 0) is 62.0 Å². The fourth-order valence-electron chi connectivity index (χ4n) is 4.59. The minimum absolute atomic E-state index is 0.124. The first-order chi connectivity index (χ1) is 15.2. The number of amides is 1. The van der Waals surface area contributed by atoms with Crippen LogP contribution in [0.25, 0.3) is 10.1 Å². The summed E-state index contributed by atoms with van der Waals surface area (Å²) < 4.78 is 12.5. The number of hydrogen-bond donors (Lipinski definition) is 2. The summed E-state index contributed by atoms with van der Waals surface area (Å²) in [6.45, 7) is 3.74. The molecule has 1 aromatic carbocycles. The second kappa shape index (κ2) is 9.02. The predicted molar refractivity (Wildman–Crippen MR) is 121 cm³/mol. The summed E-state index contributed by atoms with van der Waals surface area (Å²) in [5.74, 6) is 1.22. The Balaban J connectivity index is 1.34. The van der Waals surface area contributed by atoms with Crippen LogP contribution in [-0.2, 0) is 9.47 Å². The summed E-state index contributed by atoms with van der Waals surface area (Å²) in [7, 11) is 0. The van der Waals surface area contributed by atoms with Crippen molar-refractivity contribution in [2.75, 3.05) is 32.8 Å². The lowest BCUT2D eigenvalue weighted by atomic mass is 9.88. The number of benzene rings is 1. The van der Waals surface area contributed by atoms with Crippen molar-refractivity contribution in [3.05, 3.63) is 58.9 Å². The minimum atomic E-state index is -0.713. The van der Waals surface area contributed by atoms with Crippen LogP contribution in [0.15, 0.2) is 54.0 Å². The number of thiophene rings is 1. The maximum Gasteiger partial charge on any atom is 0.261 e. The smallest absolute Gasteiger partial charge is 0.261 e. The Kier molecular flexibility index (Phi) is 5.98. The molecule has 2 fully saturated rings. The topological polar surface area (TPSA) is 71.0 Å². The molecule has 2 unspecified atom stereocenters. The first kappa shape index (κ1) is 20.5. The van der Waals surface area contributed by atoms with Crippen LogP contribution in [0.3, 0.4) is 0 Å². The van der Waals surface area contributed by atoms with Crippen LogP contribution in [0, 0.1) is 5.92 Å². The number of rotatable bonds is 6. The van der Waals surface area contributed by atoms with E-state index in [1.165, 1.54) is 11.3 Å². The molecule has 2 aliphatic heterocycles. The molecule has 2 aromatic rings. The molecule has 164 valence electrons. The predicted octanol–water partition coefficient (Wildman–Crippen LogP) is 3.29. The van der Waals surface area contributed by atoms with Gasteiger partial charge in [-0.15, -0.1) is 11.3 Å². The van der Waals surface area contributed by atoms with Crippen molar-refractivity contribution >= 4 is 27.3 Å². The molecule has 2 saturated heterocycles. The number of fused-ring (bicyclic) bond motifs is 2. The molecule has 1 aliphatic carbocycles. The number of aliphatic hydroxyl groups is 1. The van der Waals surface area contributed by atoms with Crippen molar-refractivity contribution in [2.24, 2.45) is 5.92 Å². The summed E-state index contributed by atoms with van der Waals surface area (Å²) in [5, 5.41) is 15.5. The number of nitrogens with one attached hydrogen (secondary N) is 1. The second-order valence-corrected chi connectivity index (χ2v) is 9.51. The Morgan fingerprint density at radius 2 is 1.97 bits per heavy atom. The Morgan fingerprint density at radius 1 is 1.19 bits per heavy atom. The molecule has 1 amide bonds. The van der Waals surface area contributed by atoms with Crippen LogP contribution < -0.4 is 5.32 Å². The SMILES string of the molecule is O=C(NC(CN1CCCC1)[C@H](O)C1C=C2OCCOC2=CC1)c1cc2ccccc2s1. The van der Waals surface area contributed by atoms with Crippen LogP contribution in [-0.4, -0.2) is 60.9 Å². The molecular weight excluding hydrogens is 412 g/mol. The number of carbonyl (C=O) groups is 1. The quantitative estimate of drug-likeness (QED) is 0.721. The molecule has 3 heterocycles. The van der Waals surface area contributed by atoms with Gasteiger partial charge in [-0.1, -0.05) is 18.2 Å². The zero-order valence-corrected chi connectivity index (χ0v) is 18.3. The maximum atomic E-state index is 13.1. The van der Waals surface area contributed by atoms with E-state index in [4.69, 9.17) is 9.47 Å². The van der Waals surface area contributed by atoms with E-state index in [9.17, 15) is 9.90 Å². The summed E-state index contributed by atoms with van der Waals surface area (Å²) in [6.07, 6.45) is 6.23. The molecule has 1 aromatic heterocycles. The van der Waals surface area contributed by atoms with Crippen LogP contribution in [0.5, 0.6) is 0 Å². The Labute approximate surface area is 186 Å². The molecule has 31 heavy (non-hydrogen) atoms. The van der Waals surface area contributed by atoms with Gasteiger partial charge in [-0.3, -0.25) is 4.79 Å². The highest BCUT2D eigenvalue weighted by Gasteiger charge is 2.33. The summed E-state index contributed by atoms with van der Waals surface area (Å²) in [6, 6.07) is 9.57. The summed E-state index contributed by atoms with van der Waals surface area (Å²) in [4.78, 5) is 16.1. The van der Waals surface area contributed by atoms with Gasteiger partial charge in [0.2, 0.25) is 0 Å². The van der Waals surface area contributed by atoms with Crippen molar-refractivity contribution in [3.63, 3.8) is 0 Å². The zero-order valence-electron chi connectivity index (χ0n) is 17.5. The van der Waals surface area contributed by atoms with Crippen LogP contribution >= 0.6 is 11.3 Å². The molecule has 5 rings (SSSR count). The van der Waals surface area contributed by atoms with Gasteiger partial charge in [-0.25, -0.2) is 0 Å². The number of likely N-dealkylation sites (tertiary alicyclic amines) is 1. The molecule has 6 nitrogen and oxygen atoms in total. The number of carbonyl (C=O) groups excluding carboxylic acids is 1. The van der Waals surface area contributed by atoms with Crippen LogP contribution in [0.1, 0.15) is 28.9 Å². The number of allylic oxidation sites excluding steroid dienone is 1. The molecule has 0 spiro atoms. The summed E-state index contributed by atoms with van der Waals surface area (Å²) in [5.41, 5.74) is 0. The molecule has 0 bridgehead atoms. The highest BCUT2D eigenvalue weighted by atomic mass is 32.1. The first-order valence-electron chi connectivity index (χ1n) is 11.1. The number of hydrogen-bond acceptors (Lipinski definition) is 6. The lowest BCUT2D eigenvalue weighted by molar-refractivity contribution is 0.0406. The monoisotopic (exact) mass is 440 g/mol. The van der Waals surface area contributed by atoms with Gasteiger partial charge in [0.05, 0.1) is 17.0 Å². The maximum absolute atomic E-state index is 13.1. The molecular formula is C24H28N2O4S. The standard InChI is InChI=1S/C24H28N2O4S/c27-23(17-7-8-19-20(13-17)30-12-11-29-19)18(15-26-9-3-4-10-26)25-24(28)22-14-16-5-1-2-6-21(16)31-22/h1-2,5-6,8,13-14,17-18,23,27H,3-4,7,9-12,15H2,(H,25,28)/t17?,18?,23-/m1/s1. The molecule has 0 saturated carbocycles. The average molecular weight is 441 g/mol. The Hall–Kier alpha value is -2.35. The van der Waals surface area contributed by atoms with E-state index in [0.717, 1.165) is 41.8 Å². The fourth-order valence-corrected chi connectivity index (χ4v) is 5.56. The Morgan fingerprint density at radius 3 is 2.77 bits per heavy atom. The van der Waals surface area contributed by atoms with Crippen molar-refractivity contribution in [3.8, 4) is 0 Å². The second-order valence-electron chi connectivity index (χ2n) is 8.42. The van der Waals surface area contributed by atoms with Gasteiger partial charge in [0.1, 0.15) is 13.2 Å². The lowest BCUT2D eigenvalue weighted by Crippen LogP contribution is -2.52. The van der Waals surface area contributed by atoms with Gasteiger partial charge in [0, 0.05) is 17.2 Å². The molecule has 3 atom stereocenters. The zero-order chi connectivity index (χ0) is 21.2. The molecule has 3 aliphatic rings. The third-order valence-corrected chi connectivity index (χ3v) is 7.37. The van der Waals surface area contributed by atoms with Crippen LogP contribution in [0.4, 0.5) is 0 Å². The number of aliphatic hydroxyl groups excluding tert-OH is 1. The van der Waals surface area contributed by atoms with E-state index in [2.05, 4.69) is 10.2 Å². The third kappa shape index (κ3) is 4.49. The van der Waals surface area contributed by atoms with Gasteiger partial charge in [0.15, 0.2) is 11.5 Å². The van der Waals surface area contributed by atoms with E-state index in [0.29, 0.717) is 36.8 Å². The van der Waals surface area contributed by atoms with Crippen molar-refractivity contribution < 1.29 is 19.4 Å². The molecule has 2 N–H and O–H groups in total. The van der Waals surface area contributed by atoms with E-state index in [1.807, 2.05) is 42.5 Å². The summed E-state index contributed by atoms with van der Waals surface area (Å²) >= 11 is 1.49. The Bertz CT molecular complexity index is 975. The lowest BCUT2D eigenvalue weighted by Gasteiger charge is -2.34. The minimum Gasteiger partial charge on any atom is -0.486 e. The van der Waals surface area contributed by atoms with Gasteiger partial charge in [0.25, 0.3) is 5.91 Å². The van der Waals surface area contributed by atoms with Gasteiger partial charge in [-0.2, -0.15) is 0 Å². The van der Waals surface area contributed by atoms with E-state index in [-0.39, 0.29) is 17.9 Å². The number of ether oxygens (including phenoxy) is 2. The van der Waals surface area contributed by atoms with Crippen molar-refractivity contribution in [2.45, 2.75) is 31.4 Å². The van der Waals surface area contributed by atoms with Gasteiger partial charge < -0.3 is 24.8 Å². The average Bonchev–Trinajstić information content (AvgIpc) is 3.47. The van der Waals surface area contributed by atoms with E-state index in [1.54, 1.807) is 0 Å². The van der Waals surface area contributed by atoms with Crippen molar-refractivity contribution in [1.29, 1.82) is 0 Å². The molecule has 0 radical (unpaired) electrons. The largest absolute Gasteiger partial charge is 0.486 e. The first-order valence-corrected chi connectivity index (χ1v) is 11.9. The third-order valence-electron chi connectivity index (χ3n) is 6.25. The number of nitrogens with zero attached hydrogens (tertiary/aromatic N) is 1. The highest BCUT2D eigenvalue weighted by molar-refractivity contribution is 7.20. The van der Waals surface area contributed by atoms with E-state index >= 15 is 0 Å². The normalized spacial score (nSPS) is 23.2. The van der Waals surface area contributed by atoms with Crippen molar-refractivity contribution in [1.82, 2.24) is 10.2 Å². The van der Waals surface area contributed by atoms with Crippen LogP contribution in [0.2, 0.25) is 0 Å². The molecule has 7 heteroatoms. The highest BCUT2D eigenvalue weighted by Crippen LogP contribution is 2.31. The van der Waals surface area contributed by atoms with Gasteiger partial charge >= 0.3 is 0 Å². The fraction of sp³-hybridized carbons (Fsp3) is 0.458. The van der Waals surface area contributed by atoms with E-state index < -0.39 is 6.10 Å².